The summed E-state index contributed by atoms with van der Waals surface area (Å²) in [4.78, 5) is 0. The normalized spacial score (nSPS) is 19.5. The first kappa shape index (κ1) is 35.9. The molecule has 0 spiro atoms. The minimum atomic E-state index is -0.534. The van der Waals surface area contributed by atoms with Crippen molar-refractivity contribution in [1.82, 2.24) is 0 Å². The number of ether oxygens (including phenoxy) is 1. The van der Waals surface area contributed by atoms with E-state index in [4.69, 9.17) is 4.74 Å². The van der Waals surface area contributed by atoms with Crippen LogP contribution in [0.3, 0.4) is 0 Å². The van der Waals surface area contributed by atoms with Crippen LogP contribution in [0.2, 0.25) is 0 Å². The molecule has 2 nitrogen and oxygen atoms in total. The van der Waals surface area contributed by atoms with Crippen molar-refractivity contribution in [2.24, 2.45) is 0 Å². The van der Waals surface area contributed by atoms with E-state index in [1.165, 1.54) is 180 Å². The highest BCUT2D eigenvalue weighted by Gasteiger charge is 2.41. The Hall–Kier alpha value is -0.0800. The molecule has 1 N–H and O–H groups in total. The van der Waals surface area contributed by atoms with Crippen molar-refractivity contribution < 1.29 is 9.84 Å². The van der Waals surface area contributed by atoms with Crippen LogP contribution in [0.1, 0.15) is 213 Å². The SMILES string of the molecule is CCCCCCCCCCCCCCCCC1OCCC1(O)CCCCCCCCCCCCCCCC. The molecule has 1 saturated heterocycles. The van der Waals surface area contributed by atoms with Gasteiger partial charge < -0.3 is 9.84 Å². The molecular weight excluding hydrogens is 464 g/mol. The number of unbranched alkanes of at least 4 members (excludes halogenated alkanes) is 26. The third-order valence-corrected chi connectivity index (χ3v) is 9.24. The van der Waals surface area contributed by atoms with E-state index in [9.17, 15) is 5.11 Å². The molecule has 0 amide bonds. The van der Waals surface area contributed by atoms with Crippen LogP contribution in [0.25, 0.3) is 0 Å². The van der Waals surface area contributed by atoms with E-state index in [0.717, 1.165) is 25.9 Å². The van der Waals surface area contributed by atoms with Crippen molar-refractivity contribution in [3.8, 4) is 0 Å². The van der Waals surface area contributed by atoms with Gasteiger partial charge in [0.1, 0.15) is 0 Å². The van der Waals surface area contributed by atoms with Crippen LogP contribution in [-0.2, 0) is 4.74 Å². The smallest absolute Gasteiger partial charge is 0.0930 e. The molecule has 1 fully saturated rings. The molecular formula is C36H72O2. The lowest BCUT2D eigenvalue weighted by molar-refractivity contribution is -0.0486. The molecule has 0 bridgehead atoms. The minimum absolute atomic E-state index is 0.0989. The first-order valence-corrected chi connectivity index (χ1v) is 18.1. The van der Waals surface area contributed by atoms with Crippen LogP contribution in [0.5, 0.6) is 0 Å². The largest absolute Gasteiger partial charge is 0.387 e. The maximum absolute atomic E-state index is 11.2. The summed E-state index contributed by atoms with van der Waals surface area (Å²) < 4.78 is 6.00. The van der Waals surface area contributed by atoms with Gasteiger partial charge in [0.2, 0.25) is 0 Å². The van der Waals surface area contributed by atoms with E-state index >= 15 is 0 Å². The summed E-state index contributed by atoms with van der Waals surface area (Å²) in [5.41, 5.74) is -0.534. The third kappa shape index (κ3) is 20.8. The monoisotopic (exact) mass is 537 g/mol. The maximum atomic E-state index is 11.2. The van der Waals surface area contributed by atoms with Crippen LogP contribution in [0, 0.1) is 0 Å². The second kappa shape index (κ2) is 27.1. The number of aliphatic hydroxyl groups is 1. The van der Waals surface area contributed by atoms with Crippen LogP contribution >= 0.6 is 0 Å². The first-order valence-electron chi connectivity index (χ1n) is 18.1. The van der Waals surface area contributed by atoms with Crippen molar-refractivity contribution >= 4 is 0 Å². The van der Waals surface area contributed by atoms with Gasteiger partial charge >= 0.3 is 0 Å². The van der Waals surface area contributed by atoms with Crippen molar-refractivity contribution in [2.75, 3.05) is 6.61 Å². The Morgan fingerprint density at radius 1 is 0.474 bits per heavy atom. The van der Waals surface area contributed by atoms with Gasteiger partial charge in [-0.25, -0.2) is 0 Å². The lowest BCUT2D eigenvalue weighted by Gasteiger charge is -2.28. The van der Waals surface area contributed by atoms with Crippen molar-refractivity contribution in [2.45, 2.75) is 225 Å². The summed E-state index contributed by atoms with van der Waals surface area (Å²) in [6.07, 6.45) is 42.0. The van der Waals surface area contributed by atoms with Crippen molar-refractivity contribution in [1.29, 1.82) is 0 Å². The summed E-state index contributed by atoms with van der Waals surface area (Å²) in [6.45, 7) is 5.35. The average Bonchev–Trinajstić information content (AvgIpc) is 3.29. The fourth-order valence-electron chi connectivity index (χ4n) is 6.48. The minimum Gasteiger partial charge on any atom is -0.387 e. The molecule has 2 unspecified atom stereocenters. The van der Waals surface area contributed by atoms with Crippen LogP contribution in [-0.4, -0.2) is 23.4 Å². The Labute approximate surface area is 240 Å². The third-order valence-electron chi connectivity index (χ3n) is 9.24. The fraction of sp³-hybridized carbons (Fsp3) is 1.00. The van der Waals surface area contributed by atoms with Gasteiger partial charge in [0, 0.05) is 13.0 Å². The molecule has 1 aliphatic rings. The second-order valence-corrected chi connectivity index (χ2v) is 12.9. The van der Waals surface area contributed by atoms with E-state index in [2.05, 4.69) is 13.8 Å². The molecule has 0 aromatic rings. The summed E-state index contributed by atoms with van der Waals surface area (Å²) >= 11 is 0. The van der Waals surface area contributed by atoms with E-state index in [1.807, 2.05) is 0 Å². The molecule has 1 heterocycles. The Balaban J connectivity index is 1.88. The second-order valence-electron chi connectivity index (χ2n) is 12.9. The summed E-state index contributed by atoms with van der Waals surface area (Å²) in [5.74, 6) is 0. The lowest BCUT2D eigenvalue weighted by Crippen LogP contribution is -2.38. The highest BCUT2D eigenvalue weighted by molar-refractivity contribution is 4.91. The van der Waals surface area contributed by atoms with Crippen molar-refractivity contribution in [3.63, 3.8) is 0 Å². The van der Waals surface area contributed by atoms with Crippen molar-refractivity contribution in [3.05, 3.63) is 0 Å². The van der Waals surface area contributed by atoms with Gasteiger partial charge in [-0.15, -0.1) is 0 Å². The molecule has 0 aliphatic carbocycles. The molecule has 0 radical (unpaired) electrons. The number of hydrogen-bond donors (Lipinski definition) is 1. The molecule has 2 heteroatoms. The van der Waals surface area contributed by atoms with E-state index in [0.29, 0.717) is 0 Å². The molecule has 1 aliphatic heterocycles. The number of hydrogen-bond acceptors (Lipinski definition) is 2. The molecule has 2 atom stereocenters. The molecule has 0 aromatic carbocycles. The van der Waals surface area contributed by atoms with Gasteiger partial charge in [-0.3, -0.25) is 0 Å². The average molecular weight is 537 g/mol. The Morgan fingerprint density at radius 3 is 1.16 bits per heavy atom. The van der Waals surface area contributed by atoms with Crippen LogP contribution in [0.4, 0.5) is 0 Å². The number of rotatable bonds is 30. The molecule has 0 aromatic heterocycles. The lowest BCUT2D eigenvalue weighted by atomic mass is 9.86. The van der Waals surface area contributed by atoms with Gasteiger partial charge in [0.25, 0.3) is 0 Å². The zero-order chi connectivity index (χ0) is 27.4. The molecule has 1 rings (SSSR count). The Morgan fingerprint density at radius 2 is 0.789 bits per heavy atom. The standard InChI is InChI=1S/C36H72O2/c1-3-5-7-9-11-13-15-17-19-21-23-25-27-29-31-35-36(37,33-34-38-35)32-30-28-26-24-22-20-18-16-14-12-10-8-6-4-2/h35,37H,3-34H2,1-2H3. The van der Waals surface area contributed by atoms with E-state index < -0.39 is 5.60 Å². The first-order chi connectivity index (χ1) is 18.7. The predicted octanol–water partition coefficient (Wildman–Crippen LogP) is 12.2. The molecule has 0 saturated carbocycles. The van der Waals surface area contributed by atoms with Gasteiger partial charge in [-0.2, -0.15) is 0 Å². The van der Waals surface area contributed by atoms with E-state index in [1.54, 1.807) is 0 Å². The van der Waals surface area contributed by atoms with Gasteiger partial charge in [-0.05, 0) is 12.8 Å². The zero-order valence-corrected chi connectivity index (χ0v) is 26.6. The summed E-state index contributed by atoms with van der Waals surface area (Å²) in [5, 5.41) is 11.2. The Kier molecular flexibility index (Phi) is 25.6. The zero-order valence-electron chi connectivity index (χ0n) is 26.6. The van der Waals surface area contributed by atoms with Crippen LogP contribution in [0.15, 0.2) is 0 Å². The van der Waals surface area contributed by atoms with Crippen LogP contribution < -0.4 is 0 Å². The highest BCUT2D eigenvalue weighted by Crippen LogP contribution is 2.34. The predicted molar refractivity (Wildman–Crippen MR) is 169 cm³/mol. The molecule has 38 heavy (non-hydrogen) atoms. The fourth-order valence-corrected chi connectivity index (χ4v) is 6.48. The highest BCUT2D eigenvalue weighted by atomic mass is 16.5. The maximum Gasteiger partial charge on any atom is 0.0930 e. The van der Waals surface area contributed by atoms with E-state index in [-0.39, 0.29) is 6.10 Å². The van der Waals surface area contributed by atoms with Gasteiger partial charge in [0.15, 0.2) is 0 Å². The quantitative estimate of drug-likeness (QED) is 0.0925. The summed E-state index contributed by atoms with van der Waals surface area (Å²) in [7, 11) is 0. The van der Waals surface area contributed by atoms with Gasteiger partial charge in [-0.1, -0.05) is 194 Å². The molecule has 228 valence electrons. The topological polar surface area (TPSA) is 29.5 Å². The van der Waals surface area contributed by atoms with Gasteiger partial charge in [0.05, 0.1) is 11.7 Å². The summed E-state index contributed by atoms with van der Waals surface area (Å²) in [6, 6.07) is 0. The Bertz CT molecular complexity index is 464.